The number of carbonyl (C=O) groups is 2. The first-order valence-electron chi connectivity index (χ1n) is 10.3. The fraction of sp³-hybridized carbons (Fsp3) is 0.240. The summed E-state index contributed by atoms with van der Waals surface area (Å²) in [5, 5.41) is 7.89. The Morgan fingerprint density at radius 2 is 1.59 bits per heavy atom. The molecule has 1 aromatic heterocycles. The number of aromatic nitrogens is 1. The number of carbonyl (C=O) groups excluding carboxylic acids is 2. The van der Waals surface area contributed by atoms with Crippen molar-refractivity contribution in [2.45, 2.75) is 26.2 Å². The van der Waals surface area contributed by atoms with Gasteiger partial charge in [0.2, 0.25) is 0 Å². The summed E-state index contributed by atoms with van der Waals surface area (Å²) in [4.78, 5) is 36.7. The van der Waals surface area contributed by atoms with E-state index in [4.69, 9.17) is 0 Å². The molecule has 0 saturated carbocycles. The molecule has 0 aliphatic heterocycles. The van der Waals surface area contributed by atoms with Gasteiger partial charge < -0.3 is 20.5 Å². The number of urea groups is 1. The van der Waals surface area contributed by atoms with Crippen molar-refractivity contribution in [3.8, 4) is 11.1 Å². The van der Waals surface area contributed by atoms with E-state index in [-0.39, 0.29) is 22.6 Å². The van der Waals surface area contributed by atoms with Gasteiger partial charge in [-0.1, -0.05) is 45.0 Å². The lowest BCUT2D eigenvalue weighted by atomic mass is 9.87. The molecule has 166 valence electrons. The molecule has 3 aromatic rings. The van der Waals surface area contributed by atoms with E-state index in [1.807, 2.05) is 42.5 Å². The predicted octanol–water partition coefficient (Wildman–Crippen LogP) is 4.35. The van der Waals surface area contributed by atoms with Crippen molar-refractivity contribution in [2.24, 2.45) is 7.05 Å². The number of nitrogens with one attached hydrogen (secondary N) is 3. The zero-order valence-electron chi connectivity index (χ0n) is 18.9. The van der Waals surface area contributed by atoms with E-state index in [0.29, 0.717) is 11.3 Å². The molecule has 3 N–H and O–H groups in total. The third-order valence-corrected chi connectivity index (χ3v) is 5.13. The average Bonchev–Trinajstić information content (AvgIpc) is 2.76. The molecule has 0 aliphatic carbocycles. The summed E-state index contributed by atoms with van der Waals surface area (Å²) in [6.07, 6.45) is 1.68. The van der Waals surface area contributed by atoms with Crippen LogP contribution in [-0.2, 0) is 12.5 Å². The first-order valence-corrected chi connectivity index (χ1v) is 10.3. The summed E-state index contributed by atoms with van der Waals surface area (Å²) in [6.45, 7) is 6.38. The Balaban J connectivity index is 1.85. The van der Waals surface area contributed by atoms with Crippen LogP contribution in [0, 0.1) is 0 Å². The second kappa shape index (κ2) is 9.09. The second-order valence-corrected chi connectivity index (χ2v) is 8.62. The maximum absolute atomic E-state index is 12.7. The van der Waals surface area contributed by atoms with Crippen LogP contribution >= 0.6 is 0 Å². The summed E-state index contributed by atoms with van der Waals surface area (Å²) in [5.74, 6) is -0.204. The Morgan fingerprint density at radius 1 is 0.906 bits per heavy atom. The van der Waals surface area contributed by atoms with Crippen molar-refractivity contribution in [1.29, 1.82) is 0 Å². The zero-order valence-corrected chi connectivity index (χ0v) is 18.9. The fourth-order valence-corrected chi connectivity index (χ4v) is 3.25. The lowest BCUT2D eigenvalue weighted by Crippen LogP contribution is -2.29. The molecule has 0 spiro atoms. The molecule has 3 rings (SSSR count). The molecular formula is C25H28N4O3. The first-order chi connectivity index (χ1) is 15.1. The van der Waals surface area contributed by atoms with Gasteiger partial charge in [-0.25, -0.2) is 4.79 Å². The Bertz CT molecular complexity index is 1210. The SMILES string of the molecule is CNC(=O)Nc1cc(-c2cccc(NC(=O)c3ccc(C(C)(C)C)cc3)c2)cn(C)c1=O. The van der Waals surface area contributed by atoms with Crippen molar-refractivity contribution in [1.82, 2.24) is 9.88 Å². The van der Waals surface area contributed by atoms with E-state index in [9.17, 15) is 14.4 Å². The van der Waals surface area contributed by atoms with Gasteiger partial charge in [-0.2, -0.15) is 0 Å². The lowest BCUT2D eigenvalue weighted by Gasteiger charge is -2.19. The summed E-state index contributed by atoms with van der Waals surface area (Å²) in [7, 11) is 3.10. The molecule has 1 heterocycles. The highest BCUT2D eigenvalue weighted by atomic mass is 16.2. The summed E-state index contributed by atoms with van der Waals surface area (Å²) in [5.41, 5.74) is 3.74. The quantitative estimate of drug-likeness (QED) is 0.572. The molecule has 2 aromatic carbocycles. The maximum atomic E-state index is 12.7. The van der Waals surface area contributed by atoms with E-state index < -0.39 is 6.03 Å². The van der Waals surface area contributed by atoms with Crippen LogP contribution in [0.25, 0.3) is 11.1 Å². The number of amides is 3. The molecule has 0 unspecified atom stereocenters. The number of benzene rings is 2. The van der Waals surface area contributed by atoms with E-state index in [2.05, 4.69) is 36.7 Å². The van der Waals surface area contributed by atoms with Gasteiger partial charge in [0.25, 0.3) is 11.5 Å². The van der Waals surface area contributed by atoms with Crippen LogP contribution < -0.4 is 21.5 Å². The average molecular weight is 433 g/mol. The maximum Gasteiger partial charge on any atom is 0.319 e. The van der Waals surface area contributed by atoms with Crippen molar-refractivity contribution in [3.63, 3.8) is 0 Å². The standard InChI is InChI=1S/C25H28N4O3/c1-25(2,3)19-11-9-16(10-12-19)22(30)27-20-8-6-7-17(13-20)18-14-21(28-24(32)26-4)23(31)29(5)15-18/h6-15H,1-5H3,(H,27,30)(H2,26,28,32). The van der Waals surface area contributed by atoms with Crippen LogP contribution in [0.3, 0.4) is 0 Å². The minimum atomic E-state index is -0.474. The third-order valence-electron chi connectivity index (χ3n) is 5.13. The topological polar surface area (TPSA) is 92.2 Å². The van der Waals surface area contributed by atoms with Gasteiger partial charge in [-0.05, 0) is 46.9 Å². The minimum absolute atomic E-state index is 0.0185. The highest BCUT2D eigenvalue weighted by Gasteiger charge is 2.15. The van der Waals surface area contributed by atoms with E-state index in [1.54, 1.807) is 25.4 Å². The van der Waals surface area contributed by atoms with Crippen LogP contribution in [0.1, 0.15) is 36.7 Å². The molecule has 0 aliphatic rings. The van der Waals surface area contributed by atoms with E-state index in [0.717, 1.165) is 16.7 Å². The lowest BCUT2D eigenvalue weighted by molar-refractivity contribution is 0.102. The highest BCUT2D eigenvalue weighted by molar-refractivity contribution is 6.04. The first kappa shape index (κ1) is 22.8. The van der Waals surface area contributed by atoms with Gasteiger partial charge in [-0.15, -0.1) is 0 Å². The molecule has 32 heavy (non-hydrogen) atoms. The monoisotopic (exact) mass is 432 g/mol. The van der Waals surface area contributed by atoms with Crippen LogP contribution in [0.4, 0.5) is 16.2 Å². The molecule has 7 nitrogen and oxygen atoms in total. The summed E-state index contributed by atoms with van der Waals surface area (Å²) in [6, 6.07) is 16.0. The number of hydrogen-bond donors (Lipinski definition) is 3. The molecule has 3 amide bonds. The zero-order chi connectivity index (χ0) is 23.5. The molecule has 7 heteroatoms. The van der Waals surface area contributed by atoms with Crippen molar-refractivity contribution in [3.05, 3.63) is 82.3 Å². The Labute approximate surface area is 187 Å². The Hall–Kier alpha value is -3.87. The van der Waals surface area contributed by atoms with Crippen LogP contribution in [0.5, 0.6) is 0 Å². The van der Waals surface area contributed by atoms with Gasteiger partial charge in [0, 0.05) is 37.1 Å². The minimum Gasteiger partial charge on any atom is -0.341 e. The predicted molar refractivity (Wildman–Crippen MR) is 128 cm³/mol. The number of pyridine rings is 1. The van der Waals surface area contributed by atoms with Crippen LogP contribution in [0.15, 0.2) is 65.6 Å². The number of nitrogens with zero attached hydrogens (tertiary/aromatic N) is 1. The van der Waals surface area contributed by atoms with E-state index in [1.165, 1.54) is 11.6 Å². The molecular weight excluding hydrogens is 404 g/mol. The van der Waals surface area contributed by atoms with Gasteiger partial charge in [0.15, 0.2) is 0 Å². The third kappa shape index (κ3) is 5.24. The fourth-order valence-electron chi connectivity index (χ4n) is 3.25. The Morgan fingerprint density at radius 3 is 2.22 bits per heavy atom. The van der Waals surface area contributed by atoms with Gasteiger partial charge in [0.05, 0.1) is 0 Å². The van der Waals surface area contributed by atoms with Crippen LogP contribution in [-0.4, -0.2) is 23.6 Å². The molecule has 0 saturated heterocycles. The number of aryl methyl sites for hydroxylation is 1. The van der Waals surface area contributed by atoms with Crippen molar-refractivity contribution in [2.75, 3.05) is 17.7 Å². The number of anilines is 2. The van der Waals surface area contributed by atoms with Gasteiger partial charge in [0.1, 0.15) is 5.69 Å². The number of rotatable bonds is 4. The molecule has 0 fully saturated rings. The summed E-state index contributed by atoms with van der Waals surface area (Å²) < 4.78 is 1.41. The molecule has 0 atom stereocenters. The smallest absolute Gasteiger partial charge is 0.319 e. The molecule has 0 bridgehead atoms. The summed E-state index contributed by atoms with van der Waals surface area (Å²) >= 11 is 0. The second-order valence-electron chi connectivity index (χ2n) is 8.62. The van der Waals surface area contributed by atoms with Gasteiger partial charge in [-0.3, -0.25) is 9.59 Å². The Kier molecular flexibility index (Phi) is 6.48. The normalized spacial score (nSPS) is 11.0. The highest BCUT2D eigenvalue weighted by Crippen LogP contribution is 2.25. The number of hydrogen-bond acceptors (Lipinski definition) is 3. The largest absolute Gasteiger partial charge is 0.341 e. The van der Waals surface area contributed by atoms with Crippen molar-refractivity contribution >= 4 is 23.3 Å². The molecule has 0 radical (unpaired) electrons. The van der Waals surface area contributed by atoms with Crippen molar-refractivity contribution < 1.29 is 9.59 Å². The van der Waals surface area contributed by atoms with Crippen LogP contribution in [0.2, 0.25) is 0 Å². The van der Waals surface area contributed by atoms with Gasteiger partial charge >= 0.3 is 6.03 Å². The van der Waals surface area contributed by atoms with E-state index >= 15 is 0 Å².